The molecule has 0 N–H and O–H groups in total. The molecule has 0 saturated carbocycles. The minimum absolute atomic E-state index is 0.361. The summed E-state index contributed by atoms with van der Waals surface area (Å²) in [5.74, 6) is -2.25. The number of methoxy groups -OCH3 is 2. The number of nitrogens with zero attached hydrogens (tertiary/aromatic N) is 2. The molecule has 0 aliphatic carbocycles. The van der Waals surface area contributed by atoms with Crippen molar-refractivity contribution in [2.45, 2.75) is 19.8 Å². The van der Waals surface area contributed by atoms with Crippen molar-refractivity contribution in [1.82, 2.24) is 4.98 Å². The summed E-state index contributed by atoms with van der Waals surface area (Å²) in [6.45, 7) is 3.54. The number of aliphatic imine (C=N–C) groups is 1. The maximum absolute atomic E-state index is 12.8. The third-order valence-electron chi connectivity index (χ3n) is 5.76. The van der Waals surface area contributed by atoms with Gasteiger partial charge in [-0.3, -0.25) is 9.79 Å². The van der Waals surface area contributed by atoms with Crippen molar-refractivity contribution in [3.63, 3.8) is 0 Å². The number of thiazole rings is 1. The largest absolute Gasteiger partial charge is 0.468 e. The van der Waals surface area contributed by atoms with Crippen LogP contribution in [0.4, 0.5) is 0 Å². The lowest BCUT2D eigenvalue weighted by Crippen LogP contribution is -2.36. The van der Waals surface area contributed by atoms with Crippen LogP contribution in [0.2, 0.25) is 0 Å². The van der Waals surface area contributed by atoms with E-state index in [1.54, 1.807) is 25.2 Å². The molecule has 3 aromatic rings. The summed E-state index contributed by atoms with van der Waals surface area (Å²) < 4.78 is 10.1. The Morgan fingerprint density at radius 2 is 1.67 bits per heavy atom. The fourth-order valence-electron chi connectivity index (χ4n) is 4.22. The number of esters is 2. The van der Waals surface area contributed by atoms with Gasteiger partial charge in [-0.2, -0.15) is 0 Å². The van der Waals surface area contributed by atoms with Gasteiger partial charge < -0.3 is 9.47 Å². The van der Waals surface area contributed by atoms with Gasteiger partial charge in [0.1, 0.15) is 10.9 Å². The van der Waals surface area contributed by atoms with Crippen molar-refractivity contribution in [3.05, 3.63) is 76.8 Å². The van der Waals surface area contributed by atoms with E-state index >= 15 is 0 Å². The van der Waals surface area contributed by atoms with Gasteiger partial charge in [0.05, 0.1) is 25.5 Å². The first-order valence-electron chi connectivity index (χ1n) is 10.5. The summed E-state index contributed by atoms with van der Waals surface area (Å²) in [6, 6.07) is 17.8. The second kappa shape index (κ2) is 9.50. The first-order valence-corrected chi connectivity index (χ1v) is 11.4. The van der Waals surface area contributed by atoms with Crippen molar-refractivity contribution in [1.29, 1.82) is 0 Å². The topological polar surface area (TPSA) is 77.8 Å². The van der Waals surface area contributed by atoms with Crippen LogP contribution in [-0.2, 0) is 19.1 Å². The Morgan fingerprint density at radius 3 is 2.36 bits per heavy atom. The maximum atomic E-state index is 12.8. The van der Waals surface area contributed by atoms with E-state index in [4.69, 9.17) is 14.5 Å². The SMILES string of the molecule is COC(=O)C1=C(C)N=C(C)C(C(=O)OC)C1c1cccc(-c2nc(-c3ccccc3)cs2)c1. The molecule has 168 valence electrons. The molecule has 0 fully saturated rings. The summed E-state index contributed by atoms with van der Waals surface area (Å²) in [4.78, 5) is 34.7. The summed E-state index contributed by atoms with van der Waals surface area (Å²) in [7, 11) is 2.67. The molecule has 4 rings (SSSR count). The highest BCUT2D eigenvalue weighted by Crippen LogP contribution is 2.41. The van der Waals surface area contributed by atoms with Gasteiger partial charge in [-0.15, -0.1) is 11.3 Å². The highest BCUT2D eigenvalue weighted by molar-refractivity contribution is 7.13. The fraction of sp³-hybridized carbons (Fsp3) is 0.231. The summed E-state index contributed by atoms with van der Waals surface area (Å²) >= 11 is 1.55. The predicted octanol–water partition coefficient (Wildman–Crippen LogP) is 5.27. The quantitative estimate of drug-likeness (QED) is 0.485. The first-order chi connectivity index (χ1) is 15.9. The smallest absolute Gasteiger partial charge is 0.336 e. The lowest BCUT2D eigenvalue weighted by molar-refractivity contribution is -0.143. The molecule has 6 nitrogen and oxygen atoms in total. The molecular formula is C26H24N2O4S. The van der Waals surface area contributed by atoms with E-state index < -0.39 is 23.8 Å². The van der Waals surface area contributed by atoms with E-state index in [-0.39, 0.29) is 0 Å². The first kappa shape index (κ1) is 22.6. The van der Waals surface area contributed by atoms with Crippen molar-refractivity contribution in [2.75, 3.05) is 14.2 Å². The molecule has 0 spiro atoms. The zero-order valence-corrected chi connectivity index (χ0v) is 19.7. The van der Waals surface area contributed by atoms with Gasteiger partial charge in [-0.1, -0.05) is 48.5 Å². The Hall–Kier alpha value is -3.58. The number of rotatable bonds is 5. The molecule has 1 aliphatic rings. The van der Waals surface area contributed by atoms with Gasteiger partial charge in [-0.05, 0) is 25.5 Å². The molecule has 2 heterocycles. The van der Waals surface area contributed by atoms with E-state index in [0.29, 0.717) is 17.0 Å². The van der Waals surface area contributed by atoms with Crippen LogP contribution in [0.25, 0.3) is 21.8 Å². The highest BCUT2D eigenvalue weighted by atomic mass is 32.1. The van der Waals surface area contributed by atoms with Gasteiger partial charge in [0.25, 0.3) is 0 Å². The number of hydrogen-bond donors (Lipinski definition) is 0. The highest BCUT2D eigenvalue weighted by Gasteiger charge is 2.42. The van der Waals surface area contributed by atoms with Gasteiger partial charge >= 0.3 is 11.9 Å². The number of carbonyl (C=O) groups excluding carboxylic acids is 2. The van der Waals surface area contributed by atoms with Crippen molar-refractivity contribution < 1.29 is 19.1 Å². The average molecular weight is 461 g/mol. The normalized spacial score (nSPS) is 18.0. The second-order valence-corrected chi connectivity index (χ2v) is 8.61. The summed E-state index contributed by atoms with van der Waals surface area (Å²) in [5.41, 5.74) is 5.16. The molecule has 2 aromatic carbocycles. The van der Waals surface area contributed by atoms with E-state index in [0.717, 1.165) is 27.4 Å². The van der Waals surface area contributed by atoms with Gasteiger partial charge in [0.15, 0.2) is 0 Å². The van der Waals surface area contributed by atoms with Crippen LogP contribution in [0.3, 0.4) is 0 Å². The van der Waals surface area contributed by atoms with E-state index in [2.05, 4.69) is 4.99 Å². The number of ether oxygens (including phenoxy) is 2. The van der Waals surface area contributed by atoms with Gasteiger partial charge in [0, 0.05) is 33.8 Å². The van der Waals surface area contributed by atoms with Crippen LogP contribution in [-0.4, -0.2) is 36.9 Å². The third-order valence-corrected chi connectivity index (χ3v) is 6.65. The molecule has 0 bridgehead atoms. The number of aromatic nitrogens is 1. The van der Waals surface area contributed by atoms with Gasteiger partial charge in [0.2, 0.25) is 0 Å². The molecule has 1 aromatic heterocycles. The Bertz CT molecular complexity index is 1260. The Kier molecular flexibility index (Phi) is 6.51. The molecule has 0 radical (unpaired) electrons. The second-order valence-electron chi connectivity index (χ2n) is 7.75. The van der Waals surface area contributed by atoms with Crippen molar-refractivity contribution in [3.8, 4) is 21.8 Å². The molecule has 7 heteroatoms. The number of carbonyl (C=O) groups is 2. The lowest BCUT2D eigenvalue weighted by Gasteiger charge is -2.31. The summed E-state index contributed by atoms with van der Waals surface area (Å²) in [6.07, 6.45) is 0. The Morgan fingerprint density at radius 1 is 0.939 bits per heavy atom. The molecule has 2 unspecified atom stereocenters. The minimum Gasteiger partial charge on any atom is -0.468 e. The van der Waals surface area contributed by atoms with Crippen LogP contribution in [0.15, 0.2) is 76.2 Å². The minimum atomic E-state index is -0.723. The fourth-order valence-corrected chi connectivity index (χ4v) is 5.04. The number of benzene rings is 2. The standard InChI is InChI=1S/C26H24N2O4S/c1-15-21(25(29)31-3)23(22(16(2)27-15)26(30)32-4)18-11-8-12-19(13-18)24-28-20(14-33-24)17-9-6-5-7-10-17/h5-14,21,23H,1-4H3. The van der Waals surface area contributed by atoms with Crippen molar-refractivity contribution in [2.24, 2.45) is 10.9 Å². The summed E-state index contributed by atoms with van der Waals surface area (Å²) in [5, 5.41) is 2.88. The maximum Gasteiger partial charge on any atom is 0.336 e. The van der Waals surface area contributed by atoms with Gasteiger partial charge in [-0.25, -0.2) is 9.78 Å². The molecule has 2 atom stereocenters. The molecular weight excluding hydrogens is 436 g/mol. The lowest BCUT2D eigenvalue weighted by atomic mass is 9.75. The molecule has 33 heavy (non-hydrogen) atoms. The van der Waals surface area contributed by atoms with Crippen LogP contribution in [0.1, 0.15) is 25.3 Å². The predicted molar refractivity (Wildman–Crippen MR) is 129 cm³/mol. The van der Waals surface area contributed by atoms with Crippen LogP contribution in [0, 0.1) is 5.92 Å². The van der Waals surface area contributed by atoms with E-state index in [1.807, 2.05) is 60.0 Å². The van der Waals surface area contributed by atoms with Crippen molar-refractivity contribution >= 4 is 29.0 Å². The van der Waals surface area contributed by atoms with Crippen LogP contribution >= 0.6 is 11.3 Å². The third kappa shape index (κ3) is 4.36. The van der Waals surface area contributed by atoms with E-state index in [9.17, 15) is 9.59 Å². The number of hydrogen-bond acceptors (Lipinski definition) is 7. The zero-order valence-electron chi connectivity index (χ0n) is 18.9. The molecule has 0 amide bonds. The monoisotopic (exact) mass is 460 g/mol. The zero-order chi connectivity index (χ0) is 23.5. The average Bonchev–Trinajstić information content (AvgIpc) is 3.34. The molecule has 0 saturated heterocycles. The number of allylic oxidation sites excluding steroid dienone is 1. The van der Waals surface area contributed by atoms with E-state index in [1.165, 1.54) is 14.2 Å². The van der Waals surface area contributed by atoms with Crippen LogP contribution in [0.5, 0.6) is 0 Å². The Balaban J connectivity index is 1.79. The van der Waals surface area contributed by atoms with Crippen LogP contribution < -0.4 is 0 Å². The Labute approximate surface area is 196 Å². The molecule has 1 aliphatic heterocycles.